The van der Waals surface area contributed by atoms with Gasteiger partial charge in [-0.25, -0.2) is 13.9 Å². The fourth-order valence-electron chi connectivity index (χ4n) is 2.24. The maximum Gasteiger partial charge on any atom is 0.268 e. The summed E-state index contributed by atoms with van der Waals surface area (Å²) >= 11 is 0. The molecule has 2 atom stereocenters. The van der Waals surface area contributed by atoms with E-state index in [1.54, 1.807) is 25.1 Å². The van der Waals surface area contributed by atoms with E-state index in [4.69, 9.17) is 4.84 Å². The number of nitrogens with zero attached hydrogens (tertiary/aromatic N) is 1. The number of aliphatic imine (C=N–C) groups is 1. The van der Waals surface area contributed by atoms with E-state index in [0.717, 1.165) is 6.42 Å². The minimum Gasteiger partial charge on any atom is -0.274 e. The monoisotopic (exact) mass is 339 g/mol. The van der Waals surface area contributed by atoms with E-state index in [2.05, 4.69) is 15.2 Å². The summed E-state index contributed by atoms with van der Waals surface area (Å²) in [6, 6.07) is 5.82. The SMILES string of the molecule is CCONC(=O)[C@@H](N=C1NS(=O)(=O)c2ccccc21)[C@@H](C)CC. The highest BCUT2D eigenvalue weighted by Gasteiger charge is 2.33. The van der Waals surface area contributed by atoms with E-state index in [1.807, 2.05) is 13.8 Å². The Balaban J connectivity index is 2.39. The fourth-order valence-corrected chi connectivity index (χ4v) is 3.48. The third kappa shape index (κ3) is 3.70. The number of sulfonamides is 1. The van der Waals surface area contributed by atoms with E-state index in [1.165, 1.54) is 6.07 Å². The highest BCUT2D eigenvalue weighted by atomic mass is 32.2. The topological polar surface area (TPSA) is 96.9 Å². The quantitative estimate of drug-likeness (QED) is 0.761. The third-order valence-electron chi connectivity index (χ3n) is 3.70. The maximum atomic E-state index is 12.2. The minimum atomic E-state index is -3.62. The first-order chi connectivity index (χ1) is 10.9. The molecule has 0 aliphatic carbocycles. The summed E-state index contributed by atoms with van der Waals surface area (Å²) in [5, 5.41) is 0. The largest absolute Gasteiger partial charge is 0.274 e. The summed E-state index contributed by atoms with van der Waals surface area (Å²) in [5.41, 5.74) is 2.82. The van der Waals surface area contributed by atoms with Crippen molar-refractivity contribution in [3.05, 3.63) is 29.8 Å². The lowest BCUT2D eigenvalue weighted by molar-refractivity contribution is -0.135. The summed E-state index contributed by atoms with van der Waals surface area (Å²) in [4.78, 5) is 21.7. The Labute approximate surface area is 136 Å². The number of carbonyl (C=O) groups is 1. The van der Waals surface area contributed by atoms with Crippen molar-refractivity contribution >= 4 is 21.8 Å². The molecule has 1 aromatic carbocycles. The molecule has 1 aliphatic rings. The molecule has 7 nitrogen and oxygen atoms in total. The predicted molar refractivity (Wildman–Crippen MR) is 86.3 cm³/mol. The van der Waals surface area contributed by atoms with Crippen LogP contribution in [0, 0.1) is 5.92 Å². The van der Waals surface area contributed by atoms with Crippen LogP contribution in [0.25, 0.3) is 0 Å². The first-order valence-corrected chi connectivity index (χ1v) is 9.00. The Bertz CT molecular complexity index is 715. The van der Waals surface area contributed by atoms with Crippen LogP contribution >= 0.6 is 0 Å². The Morgan fingerprint density at radius 2 is 2.04 bits per heavy atom. The summed E-state index contributed by atoms with van der Waals surface area (Å²) in [6.07, 6.45) is 0.718. The zero-order chi connectivity index (χ0) is 17.0. The second-order valence-electron chi connectivity index (χ2n) is 5.31. The van der Waals surface area contributed by atoms with Gasteiger partial charge in [0.05, 0.1) is 11.5 Å². The van der Waals surface area contributed by atoms with Crippen LogP contribution < -0.4 is 10.2 Å². The van der Waals surface area contributed by atoms with Crippen LogP contribution in [0.1, 0.15) is 32.8 Å². The molecule has 0 radical (unpaired) electrons. The summed E-state index contributed by atoms with van der Waals surface area (Å²) < 4.78 is 26.6. The van der Waals surface area contributed by atoms with E-state index >= 15 is 0 Å². The minimum absolute atomic E-state index is 0.0692. The van der Waals surface area contributed by atoms with Gasteiger partial charge in [-0.3, -0.25) is 19.3 Å². The molecule has 0 bridgehead atoms. The first-order valence-electron chi connectivity index (χ1n) is 7.52. The van der Waals surface area contributed by atoms with Crippen LogP contribution in [-0.4, -0.2) is 32.8 Å². The first kappa shape index (κ1) is 17.4. The molecule has 2 rings (SSSR count). The zero-order valence-corrected chi connectivity index (χ0v) is 14.2. The molecule has 0 saturated heterocycles. The molecule has 0 spiro atoms. The van der Waals surface area contributed by atoms with Gasteiger partial charge in [0, 0.05) is 5.56 Å². The predicted octanol–water partition coefficient (Wildman–Crippen LogP) is 1.21. The smallest absolute Gasteiger partial charge is 0.268 e. The van der Waals surface area contributed by atoms with Crippen molar-refractivity contribution in [1.29, 1.82) is 0 Å². The van der Waals surface area contributed by atoms with Crippen molar-refractivity contribution in [2.45, 2.75) is 38.1 Å². The number of amidine groups is 1. The average molecular weight is 339 g/mol. The number of fused-ring (bicyclic) bond motifs is 1. The summed E-state index contributed by atoms with van der Waals surface area (Å²) in [5.74, 6) is -0.268. The number of benzene rings is 1. The fraction of sp³-hybridized carbons (Fsp3) is 0.467. The third-order valence-corrected chi connectivity index (χ3v) is 5.10. The molecule has 126 valence electrons. The Morgan fingerprint density at radius 1 is 1.35 bits per heavy atom. The van der Waals surface area contributed by atoms with E-state index < -0.39 is 22.0 Å². The van der Waals surface area contributed by atoms with Gasteiger partial charge in [0.25, 0.3) is 15.9 Å². The van der Waals surface area contributed by atoms with Crippen molar-refractivity contribution in [3.63, 3.8) is 0 Å². The normalized spacial score (nSPS) is 19.7. The molecular weight excluding hydrogens is 318 g/mol. The maximum absolute atomic E-state index is 12.2. The van der Waals surface area contributed by atoms with Gasteiger partial charge in [-0.15, -0.1) is 0 Å². The van der Waals surface area contributed by atoms with Crippen LogP contribution in [0.15, 0.2) is 34.2 Å². The highest BCUT2D eigenvalue weighted by Crippen LogP contribution is 2.23. The molecule has 1 amide bonds. The molecule has 1 heterocycles. The number of hydroxylamine groups is 1. The van der Waals surface area contributed by atoms with Crippen molar-refractivity contribution in [2.24, 2.45) is 10.9 Å². The molecule has 2 N–H and O–H groups in total. The van der Waals surface area contributed by atoms with Crippen LogP contribution in [-0.2, 0) is 19.7 Å². The number of carbonyl (C=O) groups excluding carboxylic acids is 1. The molecule has 0 saturated carbocycles. The highest BCUT2D eigenvalue weighted by molar-refractivity contribution is 7.90. The average Bonchev–Trinajstić information content (AvgIpc) is 2.80. The Morgan fingerprint density at radius 3 is 2.70 bits per heavy atom. The number of hydrogen-bond acceptors (Lipinski definition) is 5. The van der Waals surface area contributed by atoms with Crippen LogP contribution in [0.4, 0.5) is 0 Å². The lowest BCUT2D eigenvalue weighted by atomic mass is 9.99. The van der Waals surface area contributed by atoms with Crippen molar-refractivity contribution < 1.29 is 18.0 Å². The zero-order valence-electron chi connectivity index (χ0n) is 13.4. The lowest BCUT2D eigenvalue weighted by Crippen LogP contribution is -2.39. The Kier molecular flexibility index (Phi) is 5.38. The molecule has 0 fully saturated rings. The molecule has 23 heavy (non-hydrogen) atoms. The van der Waals surface area contributed by atoms with Gasteiger partial charge in [0.15, 0.2) is 0 Å². The molecular formula is C15H21N3O4S. The van der Waals surface area contributed by atoms with Gasteiger partial charge >= 0.3 is 0 Å². The van der Waals surface area contributed by atoms with Crippen molar-refractivity contribution in [3.8, 4) is 0 Å². The number of amides is 1. The standard InChI is InChI=1S/C15H21N3O4S/c1-4-10(3)13(15(19)17-22-5-2)16-14-11-8-6-7-9-12(11)23(20,21)18-14/h6-10,13H,4-5H2,1-3H3,(H,16,18)(H,17,19)/t10-,13-/m0/s1. The van der Waals surface area contributed by atoms with Gasteiger partial charge in [-0.2, -0.15) is 0 Å². The van der Waals surface area contributed by atoms with Crippen LogP contribution in [0.2, 0.25) is 0 Å². The summed E-state index contributed by atoms with van der Waals surface area (Å²) in [7, 11) is -3.62. The van der Waals surface area contributed by atoms with E-state index in [-0.39, 0.29) is 16.6 Å². The molecule has 1 aromatic rings. The summed E-state index contributed by atoms with van der Waals surface area (Å²) in [6.45, 7) is 5.92. The van der Waals surface area contributed by atoms with Crippen molar-refractivity contribution in [1.82, 2.24) is 10.2 Å². The second-order valence-corrected chi connectivity index (χ2v) is 6.96. The number of hydrogen-bond donors (Lipinski definition) is 2. The van der Waals surface area contributed by atoms with Gasteiger partial charge in [-0.05, 0) is 25.0 Å². The van der Waals surface area contributed by atoms with Gasteiger partial charge in [0.1, 0.15) is 11.9 Å². The van der Waals surface area contributed by atoms with Crippen LogP contribution in [0.5, 0.6) is 0 Å². The van der Waals surface area contributed by atoms with Gasteiger partial charge in [0.2, 0.25) is 0 Å². The molecule has 1 aliphatic heterocycles. The molecule has 0 aromatic heterocycles. The lowest BCUT2D eigenvalue weighted by Gasteiger charge is -2.18. The number of rotatable bonds is 6. The van der Waals surface area contributed by atoms with Gasteiger partial charge < -0.3 is 0 Å². The van der Waals surface area contributed by atoms with Crippen molar-refractivity contribution in [2.75, 3.05) is 6.61 Å². The van der Waals surface area contributed by atoms with Crippen LogP contribution in [0.3, 0.4) is 0 Å². The Hall–Kier alpha value is -1.93. The van der Waals surface area contributed by atoms with E-state index in [9.17, 15) is 13.2 Å². The second kappa shape index (κ2) is 7.10. The molecule has 0 unspecified atom stereocenters. The van der Waals surface area contributed by atoms with Gasteiger partial charge in [-0.1, -0.05) is 32.4 Å². The number of nitrogens with one attached hydrogen (secondary N) is 2. The van der Waals surface area contributed by atoms with E-state index in [0.29, 0.717) is 12.2 Å². The molecule has 8 heteroatoms.